The molecule has 0 aliphatic carbocycles. The first-order chi connectivity index (χ1) is 21.7. The van der Waals surface area contributed by atoms with Crippen LogP contribution in [0.15, 0.2) is 36.4 Å². The topological polar surface area (TPSA) is 91.3 Å². The second-order valence-corrected chi connectivity index (χ2v) is 12.9. The standard InChI is InChI=1S/C33H44Cl2F3N3O5/c1-21-17-41(22(2)20-42)32(44)26-16-25(39-31(43)12-13-33(36,37)38)9-11-29(26)46-23(3)7-5-6-14-45-30(21)19-40(4)18-24-8-10-27(34)28(35)15-24/h8-11,15-16,21-23,30,42H,5-7,12-14,17-20H2,1-4H3,(H,39,43)/t21-,22-,23+,30-/m0/s1. The molecule has 2 N–H and O–H groups in total. The summed E-state index contributed by atoms with van der Waals surface area (Å²) < 4.78 is 50.5. The van der Waals surface area contributed by atoms with Crippen molar-refractivity contribution in [2.45, 2.75) is 83.8 Å². The van der Waals surface area contributed by atoms with Gasteiger partial charge in [-0.25, -0.2) is 0 Å². The number of ether oxygens (including phenoxy) is 2. The Morgan fingerprint density at radius 1 is 1.15 bits per heavy atom. The van der Waals surface area contributed by atoms with Crippen LogP contribution in [0.3, 0.4) is 0 Å². The summed E-state index contributed by atoms with van der Waals surface area (Å²) in [5.41, 5.74) is 1.30. The number of amides is 2. The number of anilines is 1. The predicted octanol–water partition coefficient (Wildman–Crippen LogP) is 7.20. The smallest absolute Gasteiger partial charge is 0.389 e. The predicted molar refractivity (Wildman–Crippen MR) is 174 cm³/mol. The van der Waals surface area contributed by atoms with Crippen LogP contribution in [0.5, 0.6) is 5.75 Å². The summed E-state index contributed by atoms with van der Waals surface area (Å²) in [6, 6.07) is 9.40. The van der Waals surface area contributed by atoms with Crippen LogP contribution < -0.4 is 10.1 Å². The van der Waals surface area contributed by atoms with Crippen LogP contribution in [-0.4, -0.2) is 84.5 Å². The Labute approximate surface area is 279 Å². The molecule has 4 atom stereocenters. The van der Waals surface area contributed by atoms with Gasteiger partial charge in [-0.1, -0.05) is 36.2 Å². The minimum absolute atomic E-state index is 0.138. The largest absolute Gasteiger partial charge is 0.490 e. The number of aliphatic hydroxyl groups is 1. The molecule has 0 aromatic heterocycles. The zero-order valence-electron chi connectivity index (χ0n) is 26.7. The van der Waals surface area contributed by atoms with E-state index in [1.54, 1.807) is 24.0 Å². The lowest BCUT2D eigenvalue weighted by atomic mass is 10.0. The molecule has 3 rings (SSSR count). The number of nitrogens with one attached hydrogen (secondary N) is 1. The lowest BCUT2D eigenvalue weighted by molar-refractivity contribution is -0.142. The third-order valence-corrected chi connectivity index (χ3v) is 8.64. The highest BCUT2D eigenvalue weighted by molar-refractivity contribution is 6.42. The van der Waals surface area contributed by atoms with Gasteiger partial charge in [-0.2, -0.15) is 13.2 Å². The SMILES string of the molecule is C[C@@H]1CCCCO[C@@H](CN(C)Cc2ccc(Cl)c(Cl)c2)[C@@H](C)CN([C@@H](C)CO)C(=O)c2cc(NC(=O)CCC(F)(F)F)ccc2O1. The zero-order chi connectivity index (χ0) is 34.0. The number of carbonyl (C=O) groups is 2. The summed E-state index contributed by atoms with van der Waals surface area (Å²) in [6.45, 7) is 7.23. The second-order valence-electron chi connectivity index (χ2n) is 12.1. The number of halogens is 5. The molecule has 1 heterocycles. The first-order valence-electron chi connectivity index (χ1n) is 15.5. The quantitative estimate of drug-likeness (QED) is 0.289. The Hall–Kier alpha value is -2.57. The van der Waals surface area contributed by atoms with E-state index >= 15 is 0 Å². The molecule has 256 valence electrons. The molecule has 2 amide bonds. The Morgan fingerprint density at radius 2 is 1.89 bits per heavy atom. The Balaban J connectivity index is 1.88. The second kappa shape index (κ2) is 17.5. The number of rotatable bonds is 9. The van der Waals surface area contributed by atoms with Gasteiger partial charge in [-0.3, -0.25) is 14.5 Å². The Kier molecular flexibility index (Phi) is 14.4. The fourth-order valence-electron chi connectivity index (χ4n) is 5.26. The number of hydrogen-bond donors (Lipinski definition) is 2. The molecule has 0 saturated heterocycles. The summed E-state index contributed by atoms with van der Waals surface area (Å²) >= 11 is 12.3. The molecule has 0 saturated carbocycles. The highest BCUT2D eigenvalue weighted by Gasteiger charge is 2.31. The van der Waals surface area contributed by atoms with Crippen molar-refractivity contribution in [2.75, 3.05) is 38.7 Å². The lowest BCUT2D eigenvalue weighted by Crippen LogP contribution is -2.47. The molecule has 0 bridgehead atoms. The normalized spacial score (nSPS) is 20.9. The first kappa shape index (κ1) is 37.9. The fourth-order valence-corrected chi connectivity index (χ4v) is 5.58. The molecule has 8 nitrogen and oxygen atoms in total. The van der Waals surface area contributed by atoms with Crippen LogP contribution in [0, 0.1) is 5.92 Å². The van der Waals surface area contributed by atoms with Crippen LogP contribution in [-0.2, 0) is 16.1 Å². The maximum atomic E-state index is 14.2. The summed E-state index contributed by atoms with van der Waals surface area (Å²) in [7, 11) is 1.98. The molecule has 13 heteroatoms. The molecule has 46 heavy (non-hydrogen) atoms. The number of fused-ring (bicyclic) bond motifs is 1. The van der Waals surface area contributed by atoms with Gasteiger partial charge in [0.25, 0.3) is 5.91 Å². The van der Waals surface area contributed by atoms with E-state index in [9.17, 15) is 27.9 Å². The lowest BCUT2D eigenvalue weighted by Gasteiger charge is -2.36. The van der Waals surface area contributed by atoms with Crippen molar-refractivity contribution in [3.63, 3.8) is 0 Å². The van der Waals surface area contributed by atoms with E-state index in [1.165, 1.54) is 12.1 Å². The van der Waals surface area contributed by atoms with Crippen LogP contribution >= 0.6 is 23.2 Å². The number of likely N-dealkylation sites (N-methyl/N-ethyl adjacent to an activating group) is 1. The van der Waals surface area contributed by atoms with Gasteiger partial charge >= 0.3 is 6.18 Å². The molecular formula is C33H44Cl2F3N3O5. The first-order valence-corrected chi connectivity index (χ1v) is 16.3. The molecule has 1 aliphatic heterocycles. The number of hydrogen-bond acceptors (Lipinski definition) is 6. The van der Waals surface area contributed by atoms with Gasteiger partial charge in [0.1, 0.15) is 5.75 Å². The fraction of sp³-hybridized carbons (Fsp3) is 0.576. The average Bonchev–Trinajstić information content (AvgIpc) is 2.99. The summed E-state index contributed by atoms with van der Waals surface area (Å²) in [5.74, 6) is -1.13. The van der Waals surface area contributed by atoms with Gasteiger partial charge in [-0.15, -0.1) is 0 Å². The van der Waals surface area contributed by atoms with Gasteiger partial charge in [0.15, 0.2) is 0 Å². The Morgan fingerprint density at radius 3 is 2.57 bits per heavy atom. The third-order valence-electron chi connectivity index (χ3n) is 7.90. The average molecular weight is 691 g/mol. The summed E-state index contributed by atoms with van der Waals surface area (Å²) in [5, 5.41) is 13.6. The number of carbonyl (C=O) groups excluding carboxylic acids is 2. The molecule has 0 unspecified atom stereocenters. The van der Waals surface area contributed by atoms with Gasteiger partial charge in [0, 0.05) is 44.3 Å². The van der Waals surface area contributed by atoms with Crippen LogP contribution in [0.25, 0.3) is 0 Å². The Bertz CT molecular complexity index is 1320. The number of aliphatic hydroxyl groups excluding tert-OH is 1. The number of alkyl halides is 3. The van der Waals surface area contributed by atoms with Crippen LogP contribution in [0.2, 0.25) is 10.0 Å². The van der Waals surface area contributed by atoms with Crippen LogP contribution in [0.1, 0.15) is 68.8 Å². The van der Waals surface area contributed by atoms with E-state index in [-0.39, 0.29) is 42.5 Å². The maximum absolute atomic E-state index is 14.2. The van der Waals surface area contributed by atoms with Crippen molar-refractivity contribution in [1.82, 2.24) is 9.80 Å². The van der Waals surface area contributed by atoms with Gasteiger partial charge < -0.3 is 24.8 Å². The van der Waals surface area contributed by atoms with E-state index in [0.29, 0.717) is 41.9 Å². The highest BCUT2D eigenvalue weighted by Crippen LogP contribution is 2.29. The van der Waals surface area contributed by atoms with Crippen LogP contribution in [0.4, 0.5) is 18.9 Å². The van der Waals surface area contributed by atoms with Crippen molar-refractivity contribution in [1.29, 1.82) is 0 Å². The van der Waals surface area contributed by atoms with E-state index < -0.39 is 36.9 Å². The van der Waals surface area contributed by atoms with Gasteiger partial charge in [0.05, 0.1) is 46.9 Å². The number of nitrogens with zero attached hydrogens (tertiary/aromatic N) is 2. The zero-order valence-corrected chi connectivity index (χ0v) is 28.2. The van der Waals surface area contributed by atoms with Crippen molar-refractivity contribution < 1.29 is 37.3 Å². The molecular weight excluding hydrogens is 646 g/mol. The minimum Gasteiger partial charge on any atom is -0.490 e. The molecule has 0 spiro atoms. The molecule has 0 fully saturated rings. The summed E-state index contributed by atoms with van der Waals surface area (Å²) in [4.78, 5) is 30.1. The van der Waals surface area contributed by atoms with Crippen molar-refractivity contribution in [3.8, 4) is 5.75 Å². The molecule has 2 aromatic rings. The maximum Gasteiger partial charge on any atom is 0.389 e. The van der Waals surface area contributed by atoms with Crippen molar-refractivity contribution in [2.24, 2.45) is 5.92 Å². The minimum atomic E-state index is -4.47. The van der Waals surface area contributed by atoms with Gasteiger partial charge in [0.2, 0.25) is 5.91 Å². The van der Waals surface area contributed by atoms with Crippen molar-refractivity contribution >= 4 is 40.7 Å². The van der Waals surface area contributed by atoms with Crippen molar-refractivity contribution in [3.05, 3.63) is 57.6 Å². The molecule has 0 radical (unpaired) electrons. The number of benzene rings is 2. The summed E-state index contributed by atoms with van der Waals surface area (Å²) in [6.07, 6.45) is -4.65. The van der Waals surface area contributed by atoms with E-state index in [4.69, 9.17) is 32.7 Å². The monoisotopic (exact) mass is 689 g/mol. The highest BCUT2D eigenvalue weighted by atomic mass is 35.5. The molecule has 1 aliphatic rings. The molecule has 2 aromatic carbocycles. The van der Waals surface area contributed by atoms with Gasteiger partial charge in [-0.05, 0) is 76.1 Å². The van der Waals surface area contributed by atoms with E-state index in [1.807, 2.05) is 33.0 Å². The van der Waals surface area contributed by atoms with E-state index in [0.717, 1.165) is 18.4 Å². The third kappa shape index (κ3) is 11.9. The van der Waals surface area contributed by atoms with E-state index in [2.05, 4.69) is 10.2 Å².